The zero-order valence-corrected chi connectivity index (χ0v) is 10.6. The van der Waals surface area contributed by atoms with Gasteiger partial charge in [0.1, 0.15) is 18.1 Å². The Kier molecular flexibility index (Phi) is 4.26. The molecule has 0 aliphatic heterocycles. The molecule has 0 spiro atoms. The highest BCUT2D eigenvalue weighted by atomic mass is 16.5. The number of methoxy groups -OCH3 is 1. The monoisotopic (exact) mass is 235 g/mol. The molecule has 2 unspecified atom stereocenters. The lowest BCUT2D eigenvalue weighted by atomic mass is 10.3. The van der Waals surface area contributed by atoms with Crippen molar-refractivity contribution in [3.8, 4) is 11.5 Å². The molecule has 3 nitrogen and oxygen atoms in total. The van der Waals surface area contributed by atoms with Gasteiger partial charge < -0.3 is 14.8 Å². The molecule has 94 valence electrons. The van der Waals surface area contributed by atoms with E-state index in [1.54, 1.807) is 7.11 Å². The van der Waals surface area contributed by atoms with Gasteiger partial charge in [0.05, 0.1) is 7.11 Å². The number of benzene rings is 1. The smallest absolute Gasteiger partial charge is 0.119 e. The fourth-order valence-electron chi connectivity index (χ4n) is 1.88. The van der Waals surface area contributed by atoms with Crippen molar-refractivity contribution in [2.45, 2.75) is 13.3 Å². The predicted octanol–water partition coefficient (Wildman–Crippen LogP) is 2.32. The van der Waals surface area contributed by atoms with Crippen LogP contribution in [0, 0.1) is 11.8 Å². The number of hydrogen-bond donors (Lipinski definition) is 1. The first-order valence-electron chi connectivity index (χ1n) is 6.27. The minimum Gasteiger partial charge on any atom is -0.497 e. The van der Waals surface area contributed by atoms with Gasteiger partial charge in [-0.05, 0) is 49.1 Å². The molecule has 1 aromatic carbocycles. The van der Waals surface area contributed by atoms with Gasteiger partial charge in [0, 0.05) is 6.54 Å². The second-order valence-corrected chi connectivity index (χ2v) is 4.70. The predicted molar refractivity (Wildman–Crippen MR) is 68.6 cm³/mol. The van der Waals surface area contributed by atoms with Gasteiger partial charge in [-0.1, -0.05) is 6.92 Å². The van der Waals surface area contributed by atoms with E-state index in [1.807, 2.05) is 24.3 Å². The zero-order valence-electron chi connectivity index (χ0n) is 10.6. The summed E-state index contributed by atoms with van der Waals surface area (Å²) in [5, 5.41) is 3.42. The van der Waals surface area contributed by atoms with Gasteiger partial charge in [-0.2, -0.15) is 0 Å². The molecule has 1 aromatic rings. The Balaban J connectivity index is 1.57. The van der Waals surface area contributed by atoms with Gasteiger partial charge in [0.15, 0.2) is 0 Å². The minimum absolute atomic E-state index is 0.716. The van der Waals surface area contributed by atoms with E-state index in [4.69, 9.17) is 9.47 Å². The van der Waals surface area contributed by atoms with Crippen molar-refractivity contribution in [2.24, 2.45) is 11.8 Å². The Morgan fingerprint density at radius 3 is 2.47 bits per heavy atom. The van der Waals surface area contributed by atoms with E-state index in [9.17, 15) is 0 Å². The Labute approximate surface area is 103 Å². The summed E-state index contributed by atoms with van der Waals surface area (Å²) in [5.74, 6) is 3.58. The molecule has 1 aliphatic carbocycles. The molecular weight excluding hydrogens is 214 g/mol. The van der Waals surface area contributed by atoms with Crippen LogP contribution in [0.25, 0.3) is 0 Å². The van der Waals surface area contributed by atoms with Gasteiger partial charge >= 0.3 is 0 Å². The molecular formula is C14H21NO2. The highest BCUT2D eigenvalue weighted by molar-refractivity contribution is 5.31. The molecule has 1 fully saturated rings. The third-order valence-electron chi connectivity index (χ3n) is 3.29. The number of hydrogen-bond acceptors (Lipinski definition) is 3. The molecule has 17 heavy (non-hydrogen) atoms. The largest absolute Gasteiger partial charge is 0.497 e. The Morgan fingerprint density at radius 1 is 1.24 bits per heavy atom. The van der Waals surface area contributed by atoms with E-state index in [-0.39, 0.29) is 0 Å². The van der Waals surface area contributed by atoms with Gasteiger partial charge in [0.2, 0.25) is 0 Å². The summed E-state index contributed by atoms with van der Waals surface area (Å²) in [6, 6.07) is 7.69. The maximum Gasteiger partial charge on any atom is 0.119 e. The second kappa shape index (κ2) is 5.92. The Hall–Kier alpha value is -1.22. The Morgan fingerprint density at radius 2 is 1.88 bits per heavy atom. The van der Waals surface area contributed by atoms with Crippen LogP contribution >= 0.6 is 0 Å². The third kappa shape index (κ3) is 3.93. The number of ether oxygens (including phenoxy) is 2. The summed E-state index contributed by atoms with van der Waals surface area (Å²) in [6.45, 7) is 5.07. The summed E-state index contributed by atoms with van der Waals surface area (Å²) in [5.41, 5.74) is 0. The summed E-state index contributed by atoms with van der Waals surface area (Å²) in [4.78, 5) is 0. The van der Waals surface area contributed by atoms with Crippen LogP contribution in [0.1, 0.15) is 13.3 Å². The van der Waals surface area contributed by atoms with Crippen LogP contribution in [0.5, 0.6) is 11.5 Å². The third-order valence-corrected chi connectivity index (χ3v) is 3.29. The molecule has 0 aromatic heterocycles. The van der Waals surface area contributed by atoms with Crippen molar-refractivity contribution >= 4 is 0 Å². The number of nitrogens with one attached hydrogen (secondary N) is 1. The summed E-state index contributed by atoms with van der Waals surface area (Å²) in [7, 11) is 1.67. The second-order valence-electron chi connectivity index (χ2n) is 4.70. The molecule has 1 N–H and O–H groups in total. The van der Waals surface area contributed by atoms with Crippen molar-refractivity contribution in [3.05, 3.63) is 24.3 Å². The lowest BCUT2D eigenvalue weighted by Gasteiger charge is -2.08. The maximum atomic E-state index is 5.62. The van der Waals surface area contributed by atoms with Crippen LogP contribution in [0.15, 0.2) is 24.3 Å². The van der Waals surface area contributed by atoms with Gasteiger partial charge in [-0.3, -0.25) is 0 Å². The topological polar surface area (TPSA) is 30.5 Å². The van der Waals surface area contributed by atoms with Crippen LogP contribution in [0.4, 0.5) is 0 Å². The van der Waals surface area contributed by atoms with E-state index in [0.29, 0.717) is 6.61 Å². The van der Waals surface area contributed by atoms with Crippen molar-refractivity contribution in [1.82, 2.24) is 5.32 Å². The summed E-state index contributed by atoms with van der Waals surface area (Å²) < 4.78 is 10.7. The molecule has 0 radical (unpaired) electrons. The van der Waals surface area contributed by atoms with Crippen LogP contribution < -0.4 is 14.8 Å². The molecule has 0 saturated heterocycles. The molecule has 1 aliphatic rings. The zero-order chi connectivity index (χ0) is 12.1. The van der Waals surface area contributed by atoms with E-state index >= 15 is 0 Å². The van der Waals surface area contributed by atoms with Crippen LogP contribution in [-0.4, -0.2) is 26.8 Å². The fourth-order valence-corrected chi connectivity index (χ4v) is 1.88. The molecule has 3 heteroatoms. The van der Waals surface area contributed by atoms with Crippen molar-refractivity contribution < 1.29 is 9.47 Å². The molecule has 0 heterocycles. The van der Waals surface area contributed by atoms with Crippen molar-refractivity contribution in [3.63, 3.8) is 0 Å². The summed E-state index contributed by atoms with van der Waals surface area (Å²) in [6.07, 6.45) is 1.38. The van der Waals surface area contributed by atoms with E-state index < -0.39 is 0 Å². The van der Waals surface area contributed by atoms with Crippen LogP contribution in [0.3, 0.4) is 0 Å². The van der Waals surface area contributed by atoms with Crippen LogP contribution in [-0.2, 0) is 0 Å². The first-order chi connectivity index (χ1) is 8.29. The van der Waals surface area contributed by atoms with Gasteiger partial charge in [-0.25, -0.2) is 0 Å². The van der Waals surface area contributed by atoms with Crippen molar-refractivity contribution in [2.75, 3.05) is 26.8 Å². The highest BCUT2D eigenvalue weighted by Gasteiger charge is 2.31. The summed E-state index contributed by atoms with van der Waals surface area (Å²) >= 11 is 0. The average molecular weight is 235 g/mol. The number of rotatable bonds is 7. The fraction of sp³-hybridized carbons (Fsp3) is 0.571. The normalized spacial score (nSPS) is 22.2. The van der Waals surface area contributed by atoms with Crippen molar-refractivity contribution in [1.29, 1.82) is 0 Å². The van der Waals surface area contributed by atoms with Gasteiger partial charge in [-0.15, -0.1) is 0 Å². The standard InChI is InChI=1S/C14H21NO2/c1-11-9-12(11)10-15-7-8-17-14-5-3-13(16-2)4-6-14/h3-6,11-12,15H,7-10H2,1-2H3. The van der Waals surface area contributed by atoms with Crippen LogP contribution in [0.2, 0.25) is 0 Å². The SMILES string of the molecule is COc1ccc(OCCNCC2CC2C)cc1. The van der Waals surface area contributed by atoms with E-state index in [0.717, 1.165) is 36.4 Å². The molecule has 2 rings (SSSR count). The molecule has 0 amide bonds. The van der Waals surface area contributed by atoms with E-state index in [1.165, 1.54) is 6.42 Å². The lowest BCUT2D eigenvalue weighted by molar-refractivity contribution is 0.312. The van der Waals surface area contributed by atoms with E-state index in [2.05, 4.69) is 12.2 Å². The quantitative estimate of drug-likeness (QED) is 0.736. The Bertz CT molecular complexity index is 337. The molecule has 1 saturated carbocycles. The highest BCUT2D eigenvalue weighted by Crippen LogP contribution is 2.36. The maximum absolute atomic E-state index is 5.62. The minimum atomic E-state index is 0.716. The first-order valence-corrected chi connectivity index (χ1v) is 6.27. The van der Waals surface area contributed by atoms with Gasteiger partial charge in [0.25, 0.3) is 0 Å². The molecule has 0 bridgehead atoms. The lowest BCUT2D eigenvalue weighted by Crippen LogP contribution is -2.23. The first kappa shape index (κ1) is 12.2. The average Bonchev–Trinajstić information content (AvgIpc) is 3.06. The molecule has 2 atom stereocenters.